The van der Waals surface area contributed by atoms with Gasteiger partial charge in [0.25, 0.3) is 0 Å². The van der Waals surface area contributed by atoms with Gasteiger partial charge in [-0.3, -0.25) is 14.4 Å². The zero-order valence-corrected chi connectivity index (χ0v) is 15.4. The minimum absolute atomic E-state index is 0.0710. The van der Waals surface area contributed by atoms with E-state index in [2.05, 4.69) is 16.0 Å². The Balaban J connectivity index is 2.63. The topological polar surface area (TPSA) is 87.3 Å². The van der Waals surface area contributed by atoms with Crippen LogP contribution in [-0.4, -0.2) is 31.3 Å². The van der Waals surface area contributed by atoms with Crippen molar-refractivity contribution in [2.75, 3.05) is 13.6 Å². The predicted molar refractivity (Wildman–Crippen MR) is 93.0 cm³/mol. The summed E-state index contributed by atoms with van der Waals surface area (Å²) in [6.07, 6.45) is 0.452. The highest BCUT2D eigenvalue weighted by Gasteiger charge is 2.23. The zero-order chi connectivity index (χ0) is 19.9. The molecule has 1 aromatic rings. The largest absolute Gasteiger partial charge is 0.357 e. The SMILES string of the molecule is CNC(=O)C(NC(=O)CCCNC(=O)C(C)(C)C)c1ccc(F)c(F)c1. The number of hydrogen-bond acceptors (Lipinski definition) is 3. The van der Waals surface area contributed by atoms with Crippen LogP contribution in [0.3, 0.4) is 0 Å². The molecule has 0 saturated carbocycles. The van der Waals surface area contributed by atoms with Crippen molar-refractivity contribution in [1.82, 2.24) is 16.0 Å². The van der Waals surface area contributed by atoms with Crippen LogP contribution in [0.15, 0.2) is 18.2 Å². The standard InChI is InChI=1S/C18H25F2N3O3/c1-18(2,3)17(26)22-9-5-6-14(24)23-15(16(25)21-4)11-7-8-12(19)13(20)10-11/h7-8,10,15H,5-6,9H2,1-4H3,(H,21,25)(H,22,26)(H,23,24). The molecule has 1 rings (SSSR count). The molecular formula is C18H25F2N3O3. The van der Waals surface area contributed by atoms with Gasteiger partial charge in [-0.2, -0.15) is 0 Å². The van der Waals surface area contributed by atoms with Gasteiger partial charge in [-0.25, -0.2) is 8.78 Å². The van der Waals surface area contributed by atoms with E-state index in [0.717, 1.165) is 12.1 Å². The third-order valence-electron chi connectivity index (χ3n) is 3.64. The fourth-order valence-electron chi connectivity index (χ4n) is 2.09. The summed E-state index contributed by atoms with van der Waals surface area (Å²) in [5.74, 6) is -3.25. The van der Waals surface area contributed by atoms with Crippen LogP contribution in [0.1, 0.15) is 45.2 Å². The van der Waals surface area contributed by atoms with Crippen molar-refractivity contribution in [3.63, 3.8) is 0 Å². The Bertz CT molecular complexity index is 672. The van der Waals surface area contributed by atoms with Crippen LogP contribution in [0.25, 0.3) is 0 Å². The first kappa shape index (κ1) is 21.5. The second kappa shape index (κ2) is 9.26. The Morgan fingerprint density at radius 2 is 1.77 bits per heavy atom. The summed E-state index contributed by atoms with van der Waals surface area (Å²) >= 11 is 0. The average molecular weight is 369 g/mol. The van der Waals surface area contributed by atoms with E-state index in [0.29, 0.717) is 13.0 Å². The van der Waals surface area contributed by atoms with Crippen molar-refractivity contribution in [1.29, 1.82) is 0 Å². The molecule has 1 aromatic carbocycles. The number of amides is 3. The Hall–Kier alpha value is -2.51. The highest BCUT2D eigenvalue weighted by atomic mass is 19.2. The fraction of sp³-hybridized carbons (Fsp3) is 0.500. The molecule has 0 aliphatic carbocycles. The maximum Gasteiger partial charge on any atom is 0.246 e. The van der Waals surface area contributed by atoms with Crippen LogP contribution in [-0.2, 0) is 14.4 Å². The molecule has 1 atom stereocenters. The van der Waals surface area contributed by atoms with Gasteiger partial charge in [0, 0.05) is 25.4 Å². The molecule has 0 aliphatic rings. The van der Waals surface area contributed by atoms with Crippen LogP contribution in [0.4, 0.5) is 8.78 Å². The van der Waals surface area contributed by atoms with Gasteiger partial charge in [-0.05, 0) is 24.1 Å². The van der Waals surface area contributed by atoms with E-state index in [1.54, 1.807) is 20.8 Å². The van der Waals surface area contributed by atoms with E-state index >= 15 is 0 Å². The molecule has 0 radical (unpaired) electrons. The van der Waals surface area contributed by atoms with E-state index in [4.69, 9.17) is 0 Å². The van der Waals surface area contributed by atoms with Gasteiger partial charge in [0.2, 0.25) is 17.7 Å². The molecule has 0 heterocycles. The molecular weight excluding hydrogens is 344 g/mol. The van der Waals surface area contributed by atoms with Gasteiger partial charge < -0.3 is 16.0 Å². The molecule has 3 amide bonds. The maximum atomic E-state index is 13.4. The van der Waals surface area contributed by atoms with Crippen LogP contribution >= 0.6 is 0 Å². The van der Waals surface area contributed by atoms with E-state index in [9.17, 15) is 23.2 Å². The van der Waals surface area contributed by atoms with E-state index in [1.165, 1.54) is 13.1 Å². The van der Waals surface area contributed by atoms with Crippen molar-refractivity contribution in [2.24, 2.45) is 5.41 Å². The third kappa shape index (κ3) is 6.42. The van der Waals surface area contributed by atoms with Crippen LogP contribution < -0.4 is 16.0 Å². The number of halogens is 2. The van der Waals surface area contributed by atoms with Crippen LogP contribution in [0.2, 0.25) is 0 Å². The first-order chi connectivity index (χ1) is 12.1. The predicted octanol–water partition coefficient (Wildman–Crippen LogP) is 1.81. The van der Waals surface area contributed by atoms with Gasteiger partial charge >= 0.3 is 0 Å². The molecule has 8 heteroatoms. The molecule has 0 fully saturated rings. The molecule has 0 aromatic heterocycles. The van der Waals surface area contributed by atoms with Crippen molar-refractivity contribution in [2.45, 2.75) is 39.7 Å². The minimum Gasteiger partial charge on any atom is -0.357 e. The zero-order valence-electron chi connectivity index (χ0n) is 15.4. The molecule has 26 heavy (non-hydrogen) atoms. The summed E-state index contributed by atoms with van der Waals surface area (Å²) in [5.41, 5.74) is -0.378. The molecule has 6 nitrogen and oxygen atoms in total. The van der Waals surface area contributed by atoms with Gasteiger partial charge in [0.15, 0.2) is 11.6 Å². The van der Waals surface area contributed by atoms with E-state index < -0.39 is 34.9 Å². The number of carbonyl (C=O) groups is 3. The number of rotatable bonds is 7. The van der Waals surface area contributed by atoms with Crippen molar-refractivity contribution < 1.29 is 23.2 Å². The lowest BCUT2D eigenvalue weighted by molar-refractivity contribution is -0.129. The number of benzene rings is 1. The normalized spacial score (nSPS) is 12.2. The monoisotopic (exact) mass is 369 g/mol. The molecule has 3 N–H and O–H groups in total. The quantitative estimate of drug-likeness (QED) is 0.641. The Kier molecular flexibility index (Phi) is 7.67. The van der Waals surface area contributed by atoms with Crippen LogP contribution in [0, 0.1) is 17.0 Å². The van der Waals surface area contributed by atoms with Gasteiger partial charge in [0.1, 0.15) is 6.04 Å². The van der Waals surface area contributed by atoms with Crippen LogP contribution in [0.5, 0.6) is 0 Å². The Morgan fingerprint density at radius 3 is 2.31 bits per heavy atom. The number of nitrogens with one attached hydrogen (secondary N) is 3. The van der Waals surface area contributed by atoms with Gasteiger partial charge in [-0.1, -0.05) is 26.8 Å². The van der Waals surface area contributed by atoms with E-state index in [1.807, 2.05) is 0 Å². The lowest BCUT2D eigenvalue weighted by atomic mass is 9.96. The van der Waals surface area contributed by atoms with E-state index in [-0.39, 0.29) is 17.9 Å². The first-order valence-corrected chi connectivity index (χ1v) is 8.30. The minimum atomic E-state index is -1.13. The first-order valence-electron chi connectivity index (χ1n) is 8.30. The highest BCUT2D eigenvalue weighted by Crippen LogP contribution is 2.17. The van der Waals surface area contributed by atoms with Crippen molar-refractivity contribution >= 4 is 17.7 Å². The summed E-state index contributed by atoms with van der Waals surface area (Å²) in [7, 11) is 1.38. The molecule has 0 spiro atoms. The lowest BCUT2D eigenvalue weighted by Gasteiger charge is -2.19. The second-order valence-corrected chi connectivity index (χ2v) is 6.90. The third-order valence-corrected chi connectivity index (χ3v) is 3.64. The summed E-state index contributed by atoms with van der Waals surface area (Å²) in [6, 6.07) is 1.88. The second-order valence-electron chi connectivity index (χ2n) is 6.90. The van der Waals surface area contributed by atoms with Crippen molar-refractivity contribution in [3.8, 4) is 0 Å². The molecule has 1 unspecified atom stereocenters. The lowest BCUT2D eigenvalue weighted by Crippen LogP contribution is -2.39. The molecule has 144 valence electrons. The maximum absolute atomic E-state index is 13.4. The Labute approximate surface area is 151 Å². The molecule has 0 saturated heterocycles. The number of carbonyl (C=O) groups excluding carboxylic acids is 3. The fourth-order valence-corrected chi connectivity index (χ4v) is 2.09. The Morgan fingerprint density at radius 1 is 1.12 bits per heavy atom. The highest BCUT2D eigenvalue weighted by molar-refractivity contribution is 5.88. The van der Waals surface area contributed by atoms with Gasteiger partial charge in [0.05, 0.1) is 0 Å². The van der Waals surface area contributed by atoms with Crippen molar-refractivity contribution in [3.05, 3.63) is 35.4 Å². The average Bonchev–Trinajstić information content (AvgIpc) is 2.57. The molecule has 0 aliphatic heterocycles. The number of likely N-dealkylation sites (N-methyl/N-ethyl adjacent to an activating group) is 1. The number of hydrogen-bond donors (Lipinski definition) is 3. The smallest absolute Gasteiger partial charge is 0.246 e. The molecule has 0 bridgehead atoms. The summed E-state index contributed by atoms with van der Waals surface area (Å²) in [4.78, 5) is 35.8. The summed E-state index contributed by atoms with van der Waals surface area (Å²) in [6.45, 7) is 5.67. The summed E-state index contributed by atoms with van der Waals surface area (Å²) < 4.78 is 26.5. The van der Waals surface area contributed by atoms with Gasteiger partial charge in [-0.15, -0.1) is 0 Å². The summed E-state index contributed by atoms with van der Waals surface area (Å²) in [5, 5.41) is 7.59.